The van der Waals surface area contributed by atoms with Gasteiger partial charge in [-0.1, -0.05) is 24.3 Å². The van der Waals surface area contributed by atoms with Gasteiger partial charge in [0.15, 0.2) is 6.10 Å². The molecule has 1 atom stereocenters. The normalized spacial score (nSPS) is 14.1. The fraction of sp³-hybridized carbons (Fsp3) is 0.333. The summed E-state index contributed by atoms with van der Waals surface area (Å²) in [6.07, 6.45) is -0.612. The summed E-state index contributed by atoms with van der Waals surface area (Å²) in [5.74, 6) is -1.63. The highest BCUT2D eigenvalue weighted by molar-refractivity contribution is 6.25. The molecule has 0 saturated carbocycles. The van der Waals surface area contributed by atoms with Gasteiger partial charge in [0, 0.05) is 36.0 Å². The SMILES string of the molecule is CCNC(=O)[C@@H](C)OC(=O)CCCN1C(=O)c2cccc3cccc(c23)C1=O. The van der Waals surface area contributed by atoms with E-state index >= 15 is 0 Å². The molecule has 0 aliphatic carbocycles. The highest BCUT2D eigenvalue weighted by Gasteiger charge is 2.32. The Bertz CT molecular complexity index is 902. The number of carbonyl (C=O) groups excluding carboxylic acids is 4. The Kier molecular flexibility index (Phi) is 5.73. The van der Waals surface area contributed by atoms with Crippen molar-refractivity contribution < 1.29 is 23.9 Å². The van der Waals surface area contributed by atoms with E-state index in [4.69, 9.17) is 4.74 Å². The average molecular weight is 382 g/mol. The Hall–Kier alpha value is -3.22. The van der Waals surface area contributed by atoms with E-state index in [1.165, 1.54) is 6.92 Å². The molecule has 3 amide bonds. The molecule has 2 aromatic rings. The number of nitrogens with one attached hydrogen (secondary N) is 1. The van der Waals surface area contributed by atoms with Crippen molar-refractivity contribution in [2.75, 3.05) is 13.1 Å². The van der Waals surface area contributed by atoms with Crippen LogP contribution >= 0.6 is 0 Å². The Morgan fingerprint density at radius 1 is 1.07 bits per heavy atom. The van der Waals surface area contributed by atoms with Crippen molar-refractivity contribution >= 4 is 34.5 Å². The van der Waals surface area contributed by atoms with Crippen molar-refractivity contribution in [3.05, 3.63) is 47.5 Å². The first-order chi connectivity index (χ1) is 13.4. The summed E-state index contributed by atoms with van der Waals surface area (Å²) in [7, 11) is 0. The molecule has 2 aromatic carbocycles. The number of likely N-dealkylation sites (N-methyl/N-ethyl adjacent to an activating group) is 1. The maximum absolute atomic E-state index is 12.8. The van der Waals surface area contributed by atoms with Crippen LogP contribution in [0, 0.1) is 0 Å². The van der Waals surface area contributed by atoms with Gasteiger partial charge in [-0.05, 0) is 37.8 Å². The maximum atomic E-state index is 12.8. The second-order valence-electron chi connectivity index (χ2n) is 6.60. The summed E-state index contributed by atoms with van der Waals surface area (Å²) >= 11 is 0. The molecule has 0 radical (unpaired) electrons. The largest absolute Gasteiger partial charge is 0.453 e. The van der Waals surface area contributed by atoms with Gasteiger partial charge in [0.25, 0.3) is 17.7 Å². The van der Waals surface area contributed by atoms with Gasteiger partial charge in [-0.15, -0.1) is 0 Å². The van der Waals surface area contributed by atoms with E-state index in [9.17, 15) is 19.2 Å². The number of benzene rings is 2. The molecule has 0 fully saturated rings. The van der Waals surface area contributed by atoms with Crippen LogP contribution in [0.5, 0.6) is 0 Å². The minimum Gasteiger partial charge on any atom is -0.453 e. The van der Waals surface area contributed by atoms with Crippen LogP contribution in [0.1, 0.15) is 47.4 Å². The predicted octanol–water partition coefficient (Wildman–Crippen LogP) is 2.28. The Morgan fingerprint density at radius 3 is 2.25 bits per heavy atom. The van der Waals surface area contributed by atoms with Gasteiger partial charge in [-0.3, -0.25) is 24.1 Å². The molecule has 0 bridgehead atoms. The van der Waals surface area contributed by atoms with E-state index in [-0.39, 0.29) is 37.1 Å². The van der Waals surface area contributed by atoms with E-state index in [2.05, 4.69) is 5.32 Å². The molecule has 146 valence electrons. The molecule has 3 rings (SSSR count). The third-order valence-corrected chi connectivity index (χ3v) is 4.65. The molecule has 0 spiro atoms. The quantitative estimate of drug-likeness (QED) is 0.586. The van der Waals surface area contributed by atoms with Crippen molar-refractivity contribution in [1.82, 2.24) is 10.2 Å². The lowest BCUT2D eigenvalue weighted by molar-refractivity contribution is -0.154. The minimum absolute atomic E-state index is 0.00660. The fourth-order valence-electron chi connectivity index (χ4n) is 3.29. The summed E-state index contributed by atoms with van der Waals surface area (Å²) in [5.41, 5.74) is 0.972. The van der Waals surface area contributed by atoms with E-state index < -0.39 is 12.1 Å². The van der Waals surface area contributed by atoms with Gasteiger partial charge in [0.2, 0.25) is 0 Å². The van der Waals surface area contributed by atoms with Crippen LogP contribution in [0.3, 0.4) is 0 Å². The first kappa shape index (κ1) is 19.5. The number of carbonyl (C=O) groups is 4. The highest BCUT2D eigenvalue weighted by atomic mass is 16.5. The molecule has 0 saturated heterocycles. The van der Waals surface area contributed by atoms with Crippen LogP contribution < -0.4 is 5.32 Å². The van der Waals surface area contributed by atoms with Gasteiger partial charge >= 0.3 is 5.97 Å². The van der Waals surface area contributed by atoms with Crippen molar-refractivity contribution in [2.45, 2.75) is 32.8 Å². The van der Waals surface area contributed by atoms with Crippen molar-refractivity contribution in [2.24, 2.45) is 0 Å². The molecule has 0 unspecified atom stereocenters. The molecular weight excluding hydrogens is 360 g/mol. The van der Waals surface area contributed by atoms with Crippen LogP contribution in [0.15, 0.2) is 36.4 Å². The molecule has 1 aliphatic rings. The number of hydrogen-bond donors (Lipinski definition) is 1. The Morgan fingerprint density at radius 2 is 1.68 bits per heavy atom. The minimum atomic E-state index is -0.879. The smallest absolute Gasteiger partial charge is 0.306 e. The summed E-state index contributed by atoms with van der Waals surface area (Å²) in [4.78, 5) is 50.2. The molecule has 7 heteroatoms. The Balaban J connectivity index is 1.63. The lowest BCUT2D eigenvalue weighted by Gasteiger charge is -2.27. The third-order valence-electron chi connectivity index (χ3n) is 4.65. The second kappa shape index (κ2) is 8.21. The highest BCUT2D eigenvalue weighted by Crippen LogP contribution is 2.30. The number of amides is 3. The van der Waals surface area contributed by atoms with Gasteiger partial charge in [0.05, 0.1) is 0 Å². The zero-order chi connectivity index (χ0) is 20.3. The topological polar surface area (TPSA) is 92.8 Å². The monoisotopic (exact) mass is 382 g/mol. The standard InChI is InChI=1S/C21H22N2O5/c1-3-22-19(25)13(2)28-17(24)11-6-12-23-20(26)15-9-4-7-14-8-5-10-16(18(14)15)21(23)27/h4-5,7-10,13H,3,6,11-12H2,1-2H3,(H,22,25)/t13-/m1/s1. The Labute approximate surface area is 162 Å². The van der Waals surface area contributed by atoms with Crippen LogP contribution in [0.25, 0.3) is 10.8 Å². The van der Waals surface area contributed by atoms with Gasteiger partial charge in [-0.2, -0.15) is 0 Å². The summed E-state index contributed by atoms with van der Waals surface area (Å²) in [6.45, 7) is 3.83. The number of ether oxygens (including phenoxy) is 1. The summed E-state index contributed by atoms with van der Waals surface area (Å²) in [5, 5.41) is 4.09. The number of rotatable bonds is 7. The van der Waals surface area contributed by atoms with Crippen molar-refractivity contribution in [1.29, 1.82) is 0 Å². The average Bonchev–Trinajstić information content (AvgIpc) is 2.68. The zero-order valence-electron chi connectivity index (χ0n) is 15.9. The molecule has 28 heavy (non-hydrogen) atoms. The van der Waals surface area contributed by atoms with Crippen LogP contribution in [0.2, 0.25) is 0 Å². The van der Waals surface area contributed by atoms with Gasteiger partial charge in [-0.25, -0.2) is 0 Å². The van der Waals surface area contributed by atoms with E-state index in [1.54, 1.807) is 31.2 Å². The summed E-state index contributed by atoms with van der Waals surface area (Å²) < 4.78 is 5.07. The maximum Gasteiger partial charge on any atom is 0.306 e. The first-order valence-electron chi connectivity index (χ1n) is 9.29. The van der Waals surface area contributed by atoms with Crippen LogP contribution in [0.4, 0.5) is 0 Å². The van der Waals surface area contributed by atoms with E-state index in [1.807, 2.05) is 12.1 Å². The number of esters is 1. The number of hydrogen-bond acceptors (Lipinski definition) is 5. The molecule has 7 nitrogen and oxygen atoms in total. The molecular formula is C21H22N2O5. The summed E-state index contributed by atoms with van der Waals surface area (Å²) in [6, 6.07) is 10.7. The van der Waals surface area contributed by atoms with E-state index in [0.717, 1.165) is 10.3 Å². The van der Waals surface area contributed by atoms with Crippen LogP contribution in [-0.4, -0.2) is 47.8 Å². The predicted molar refractivity (Wildman–Crippen MR) is 103 cm³/mol. The number of nitrogens with zero attached hydrogens (tertiary/aromatic N) is 1. The van der Waals surface area contributed by atoms with Crippen LogP contribution in [-0.2, 0) is 14.3 Å². The van der Waals surface area contributed by atoms with Gasteiger partial charge < -0.3 is 10.1 Å². The van der Waals surface area contributed by atoms with E-state index in [0.29, 0.717) is 23.1 Å². The lowest BCUT2D eigenvalue weighted by Crippen LogP contribution is -2.41. The molecule has 0 aromatic heterocycles. The zero-order valence-corrected chi connectivity index (χ0v) is 15.9. The van der Waals surface area contributed by atoms with Gasteiger partial charge in [0.1, 0.15) is 0 Å². The number of imide groups is 1. The fourth-order valence-corrected chi connectivity index (χ4v) is 3.29. The van der Waals surface area contributed by atoms with Crippen molar-refractivity contribution in [3.63, 3.8) is 0 Å². The molecule has 1 aliphatic heterocycles. The third kappa shape index (κ3) is 3.74. The lowest BCUT2D eigenvalue weighted by atomic mass is 9.94. The van der Waals surface area contributed by atoms with Crippen molar-refractivity contribution in [3.8, 4) is 0 Å². The first-order valence-corrected chi connectivity index (χ1v) is 9.29. The second-order valence-corrected chi connectivity index (χ2v) is 6.60. The molecule has 1 N–H and O–H groups in total. The molecule has 1 heterocycles.